The molecule has 0 bridgehead atoms. The van der Waals surface area contributed by atoms with Crippen molar-refractivity contribution < 1.29 is 14.7 Å². The third-order valence-electron chi connectivity index (χ3n) is 2.84. The minimum Gasteiger partial charge on any atom is -0.507 e. The number of benzene rings is 2. The molecule has 108 valence electrons. The largest absolute Gasteiger partial charge is 0.507 e. The van der Waals surface area contributed by atoms with Crippen LogP contribution in [0.15, 0.2) is 42.5 Å². The molecule has 0 saturated carbocycles. The third-order valence-corrected chi connectivity index (χ3v) is 3.07. The van der Waals surface area contributed by atoms with Crippen LogP contribution >= 0.6 is 11.6 Å². The van der Waals surface area contributed by atoms with E-state index in [1.54, 1.807) is 31.3 Å². The number of aromatic hydroxyl groups is 1. The van der Waals surface area contributed by atoms with Gasteiger partial charge in [-0.15, -0.1) is 0 Å². The summed E-state index contributed by atoms with van der Waals surface area (Å²) >= 11 is 5.80. The van der Waals surface area contributed by atoms with Gasteiger partial charge in [0, 0.05) is 23.3 Å². The number of halogens is 1. The number of rotatable bonds is 3. The number of phenolic OH excluding ortho intramolecular Hbond substituents is 1. The molecule has 2 aromatic carbocycles. The molecule has 2 rings (SSSR count). The van der Waals surface area contributed by atoms with Crippen LogP contribution in [0.4, 0.5) is 5.69 Å². The van der Waals surface area contributed by atoms with Gasteiger partial charge in [-0.2, -0.15) is 0 Å². The average Bonchev–Trinajstić information content (AvgIpc) is 2.49. The Kier molecular flexibility index (Phi) is 4.45. The molecule has 0 saturated heterocycles. The lowest BCUT2D eigenvalue weighted by Crippen LogP contribution is -2.17. The van der Waals surface area contributed by atoms with Gasteiger partial charge >= 0.3 is 0 Å². The van der Waals surface area contributed by atoms with E-state index in [2.05, 4.69) is 10.6 Å². The predicted octanol–water partition coefficient (Wildman–Crippen LogP) is 2.66. The van der Waals surface area contributed by atoms with Gasteiger partial charge in [-0.05, 0) is 42.5 Å². The molecule has 0 radical (unpaired) electrons. The van der Waals surface area contributed by atoms with Crippen LogP contribution in [0.5, 0.6) is 5.75 Å². The van der Waals surface area contributed by atoms with Crippen LogP contribution in [-0.4, -0.2) is 24.0 Å². The fourth-order valence-electron chi connectivity index (χ4n) is 1.74. The van der Waals surface area contributed by atoms with Gasteiger partial charge in [0.25, 0.3) is 11.8 Å². The molecular formula is C15H13ClN2O3. The number of phenols is 1. The van der Waals surface area contributed by atoms with Crippen molar-refractivity contribution in [2.24, 2.45) is 0 Å². The zero-order valence-electron chi connectivity index (χ0n) is 11.2. The number of hydrogen-bond acceptors (Lipinski definition) is 3. The summed E-state index contributed by atoms with van der Waals surface area (Å²) in [5, 5.41) is 15.1. The van der Waals surface area contributed by atoms with E-state index in [9.17, 15) is 14.7 Å². The second-order valence-corrected chi connectivity index (χ2v) is 4.71. The van der Waals surface area contributed by atoms with Crippen LogP contribution in [0, 0.1) is 0 Å². The molecule has 3 N–H and O–H groups in total. The number of hydrogen-bond donors (Lipinski definition) is 3. The minimum atomic E-state index is -0.484. The molecule has 6 heteroatoms. The monoisotopic (exact) mass is 304 g/mol. The Hall–Kier alpha value is -2.53. The van der Waals surface area contributed by atoms with Gasteiger partial charge in [0.1, 0.15) is 5.75 Å². The first-order chi connectivity index (χ1) is 10.0. The van der Waals surface area contributed by atoms with Gasteiger partial charge in [0.2, 0.25) is 0 Å². The number of amides is 2. The van der Waals surface area contributed by atoms with Crippen molar-refractivity contribution in [1.82, 2.24) is 5.32 Å². The molecule has 0 aliphatic rings. The second kappa shape index (κ2) is 6.28. The number of anilines is 1. The molecule has 2 amide bonds. The summed E-state index contributed by atoms with van der Waals surface area (Å²) in [5.41, 5.74) is 1.08. The first kappa shape index (κ1) is 14.9. The van der Waals surface area contributed by atoms with Crippen molar-refractivity contribution in [2.75, 3.05) is 12.4 Å². The van der Waals surface area contributed by atoms with Gasteiger partial charge in [-0.25, -0.2) is 0 Å². The fraction of sp³-hybridized carbons (Fsp3) is 0.0667. The van der Waals surface area contributed by atoms with E-state index >= 15 is 0 Å². The van der Waals surface area contributed by atoms with Gasteiger partial charge in [0.15, 0.2) is 0 Å². The normalized spacial score (nSPS) is 10.0. The maximum Gasteiger partial charge on any atom is 0.259 e. The van der Waals surface area contributed by atoms with E-state index in [1.807, 2.05) is 0 Å². The van der Waals surface area contributed by atoms with Gasteiger partial charge in [-0.3, -0.25) is 9.59 Å². The van der Waals surface area contributed by atoms with Crippen molar-refractivity contribution >= 4 is 29.1 Å². The highest BCUT2D eigenvalue weighted by Crippen LogP contribution is 2.22. The van der Waals surface area contributed by atoms with E-state index in [4.69, 9.17) is 11.6 Å². The molecular weight excluding hydrogens is 292 g/mol. The molecule has 5 nitrogen and oxygen atoms in total. The smallest absolute Gasteiger partial charge is 0.259 e. The van der Waals surface area contributed by atoms with Crippen LogP contribution in [0.3, 0.4) is 0 Å². The van der Waals surface area contributed by atoms with Crippen molar-refractivity contribution in [3.63, 3.8) is 0 Å². The summed E-state index contributed by atoms with van der Waals surface area (Å²) < 4.78 is 0. The Labute approximate surface area is 126 Å². The van der Waals surface area contributed by atoms with Crippen molar-refractivity contribution in [3.05, 3.63) is 58.6 Å². The van der Waals surface area contributed by atoms with Gasteiger partial charge < -0.3 is 15.7 Å². The molecule has 0 fully saturated rings. The van der Waals surface area contributed by atoms with E-state index < -0.39 is 5.91 Å². The highest BCUT2D eigenvalue weighted by molar-refractivity contribution is 6.31. The SMILES string of the molecule is CNC(=O)c1ccc(NC(=O)c2cc(Cl)ccc2O)cc1. The molecule has 0 aliphatic carbocycles. The van der Waals surface area contributed by atoms with Crippen molar-refractivity contribution in [1.29, 1.82) is 0 Å². The van der Waals surface area contributed by atoms with E-state index in [1.165, 1.54) is 18.2 Å². The maximum atomic E-state index is 12.1. The summed E-state index contributed by atoms with van der Waals surface area (Å²) in [6.45, 7) is 0. The lowest BCUT2D eigenvalue weighted by molar-refractivity contribution is 0.0962. The van der Waals surface area contributed by atoms with Gasteiger partial charge in [0.05, 0.1) is 5.56 Å². The Balaban J connectivity index is 2.16. The highest BCUT2D eigenvalue weighted by Gasteiger charge is 2.12. The van der Waals surface area contributed by atoms with Crippen LogP contribution in [-0.2, 0) is 0 Å². The molecule has 0 unspecified atom stereocenters. The average molecular weight is 305 g/mol. The zero-order valence-corrected chi connectivity index (χ0v) is 11.9. The lowest BCUT2D eigenvalue weighted by Gasteiger charge is -2.08. The van der Waals surface area contributed by atoms with Crippen LogP contribution in [0.1, 0.15) is 20.7 Å². The first-order valence-electron chi connectivity index (χ1n) is 6.13. The van der Waals surface area contributed by atoms with Crippen LogP contribution < -0.4 is 10.6 Å². The third kappa shape index (κ3) is 3.52. The summed E-state index contributed by atoms with van der Waals surface area (Å²) in [4.78, 5) is 23.5. The minimum absolute atomic E-state index is 0.0814. The fourth-order valence-corrected chi connectivity index (χ4v) is 1.91. The highest BCUT2D eigenvalue weighted by atomic mass is 35.5. The molecule has 0 aromatic heterocycles. The topological polar surface area (TPSA) is 78.4 Å². The Morgan fingerprint density at radius 3 is 2.33 bits per heavy atom. The Morgan fingerprint density at radius 1 is 1.05 bits per heavy atom. The lowest BCUT2D eigenvalue weighted by atomic mass is 10.1. The molecule has 0 heterocycles. The summed E-state index contributed by atoms with van der Waals surface area (Å²) in [7, 11) is 1.54. The number of carbonyl (C=O) groups is 2. The van der Waals surface area contributed by atoms with Crippen molar-refractivity contribution in [2.45, 2.75) is 0 Å². The predicted molar refractivity (Wildman–Crippen MR) is 80.9 cm³/mol. The summed E-state index contributed by atoms with van der Waals surface area (Å²) in [6.07, 6.45) is 0. The van der Waals surface area contributed by atoms with Crippen LogP contribution in [0.25, 0.3) is 0 Å². The van der Waals surface area contributed by atoms with E-state index in [0.717, 1.165) is 0 Å². The molecule has 21 heavy (non-hydrogen) atoms. The molecule has 0 spiro atoms. The first-order valence-corrected chi connectivity index (χ1v) is 6.51. The molecule has 2 aromatic rings. The standard InChI is InChI=1S/C15H13ClN2O3/c1-17-14(20)9-2-5-11(6-3-9)18-15(21)12-8-10(16)4-7-13(12)19/h2-8,19H,1H3,(H,17,20)(H,18,21). The second-order valence-electron chi connectivity index (χ2n) is 4.27. The van der Waals surface area contributed by atoms with E-state index in [-0.39, 0.29) is 17.2 Å². The summed E-state index contributed by atoms with van der Waals surface area (Å²) in [5.74, 6) is -0.845. The Bertz CT molecular complexity index is 684. The molecule has 0 aliphatic heterocycles. The quantitative estimate of drug-likeness (QED) is 0.815. The Morgan fingerprint density at radius 2 is 1.71 bits per heavy atom. The number of carbonyl (C=O) groups excluding carboxylic acids is 2. The maximum absolute atomic E-state index is 12.1. The van der Waals surface area contributed by atoms with Crippen LogP contribution in [0.2, 0.25) is 5.02 Å². The number of nitrogens with one attached hydrogen (secondary N) is 2. The zero-order chi connectivity index (χ0) is 15.4. The van der Waals surface area contributed by atoms with E-state index in [0.29, 0.717) is 16.3 Å². The molecule has 0 atom stereocenters. The van der Waals surface area contributed by atoms with Gasteiger partial charge in [-0.1, -0.05) is 11.6 Å². The summed E-state index contributed by atoms with van der Waals surface area (Å²) in [6, 6.07) is 10.6. The van der Waals surface area contributed by atoms with Crippen molar-refractivity contribution in [3.8, 4) is 5.75 Å².